The molecule has 1 aromatic heterocycles. The van der Waals surface area contributed by atoms with Gasteiger partial charge in [0.1, 0.15) is 5.75 Å². The molecule has 0 radical (unpaired) electrons. The van der Waals surface area contributed by atoms with Crippen molar-refractivity contribution in [3.8, 4) is 28.5 Å². The minimum absolute atomic E-state index is 0.0418. The quantitative estimate of drug-likeness (QED) is 0.734. The zero-order chi connectivity index (χ0) is 19.7. The third kappa shape index (κ3) is 3.33. The molecule has 0 saturated heterocycles. The van der Waals surface area contributed by atoms with E-state index in [0.29, 0.717) is 30.1 Å². The van der Waals surface area contributed by atoms with Crippen molar-refractivity contribution in [1.82, 2.24) is 10.3 Å². The van der Waals surface area contributed by atoms with Crippen LogP contribution in [-0.2, 0) is 11.2 Å². The van der Waals surface area contributed by atoms with E-state index in [9.17, 15) is 4.79 Å². The first kappa shape index (κ1) is 18.1. The number of fused-ring (bicyclic) bond motifs is 2. The van der Waals surface area contributed by atoms with E-state index in [1.807, 2.05) is 30.3 Å². The number of hydrogen-bond acceptors (Lipinski definition) is 5. The van der Waals surface area contributed by atoms with Crippen molar-refractivity contribution in [2.24, 2.45) is 0 Å². The SMILES string of the molecule is CNC(=O)CCc1ccc2nc(-c3cc4c(cc3OC)OCO4)cc(C)c2c1. The fourth-order valence-corrected chi connectivity index (χ4v) is 3.41. The fourth-order valence-electron chi connectivity index (χ4n) is 3.41. The molecule has 4 rings (SSSR count). The second kappa shape index (κ2) is 7.38. The predicted molar refractivity (Wildman–Crippen MR) is 107 cm³/mol. The molecule has 0 saturated carbocycles. The van der Waals surface area contributed by atoms with Gasteiger partial charge in [-0.2, -0.15) is 0 Å². The largest absolute Gasteiger partial charge is 0.496 e. The van der Waals surface area contributed by atoms with E-state index in [-0.39, 0.29) is 12.7 Å². The third-order valence-electron chi connectivity index (χ3n) is 4.97. The molecule has 0 spiro atoms. The number of nitrogens with zero attached hydrogens (tertiary/aromatic N) is 1. The number of hydrogen-bond donors (Lipinski definition) is 1. The van der Waals surface area contributed by atoms with E-state index >= 15 is 0 Å². The van der Waals surface area contributed by atoms with Crippen LogP contribution in [0.1, 0.15) is 17.5 Å². The molecule has 3 aromatic rings. The first-order valence-electron chi connectivity index (χ1n) is 9.18. The van der Waals surface area contributed by atoms with Gasteiger partial charge in [-0.25, -0.2) is 4.98 Å². The Morgan fingerprint density at radius 1 is 1.18 bits per heavy atom. The van der Waals surface area contributed by atoms with Crippen LogP contribution < -0.4 is 19.5 Å². The van der Waals surface area contributed by atoms with Crippen molar-refractivity contribution in [3.05, 3.63) is 47.5 Å². The van der Waals surface area contributed by atoms with Crippen molar-refractivity contribution in [3.63, 3.8) is 0 Å². The molecule has 1 aliphatic rings. The summed E-state index contributed by atoms with van der Waals surface area (Å²) in [5, 5.41) is 3.74. The minimum atomic E-state index is 0.0418. The molecule has 6 heteroatoms. The lowest BCUT2D eigenvalue weighted by molar-refractivity contribution is -0.120. The maximum absolute atomic E-state index is 11.5. The van der Waals surface area contributed by atoms with Crippen LogP contribution in [0.15, 0.2) is 36.4 Å². The predicted octanol–water partition coefficient (Wildman–Crippen LogP) is 3.63. The summed E-state index contributed by atoms with van der Waals surface area (Å²) in [5.74, 6) is 2.11. The zero-order valence-corrected chi connectivity index (χ0v) is 16.2. The Hall–Kier alpha value is -3.28. The van der Waals surface area contributed by atoms with Crippen LogP contribution in [0, 0.1) is 6.92 Å². The molecule has 28 heavy (non-hydrogen) atoms. The lowest BCUT2D eigenvalue weighted by atomic mass is 10.0. The van der Waals surface area contributed by atoms with Gasteiger partial charge in [0.2, 0.25) is 12.7 Å². The first-order chi connectivity index (χ1) is 13.6. The number of carbonyl (C=O) groups excluding carboxylic acids is 1. The van der Waals surface area contributed by atoms with Gasteiger partial charge in [-0.15, -0.1) is 0 Å². The number of methoxy groups -OCH3 is 1. The summed E-state index contributed by atoms with van der Waals surface area (Å²) in [5.41, 5.74) is 4.81. The maximum Gasteiger partial charge on any atom is 0.231 e. The highest BCUT2D eigenvalue weighted by Gasteiger charge is 2.20. The summed E-state index contributed by atoms with van der Waals surface area (Å²) in [4.78, 5) is 16.3. The molecule has 1 aliphatic heterocycles. The van der Waals surface area contributed by atoms with Gasteiger partial charge < -0.3 is 19.5 Å². The van der Waals surface area contributed by atoms with Crippen LogP contribution in [0.3, 0.4) is 0 Å². The lowest BCUT2D eigenvalue weighted by Crippen LogP contribution is -2.17. The van der Waals surface area contributed by atoms with Crippen molar-refractivity contribution in [2.45, 2.75) is 19.8 Å². The summed E-state index contributed by atoms with van der Waals surface area (Å²) >= 11 is 0. The number of aromatic nitrogens is 1. The summed E-state index contributed by atoms with van der Waals surface area (Å²) in [6.07, 6.45) is 1.17. The number of benzene rings is 2. The van der Waals surface area contributed by atoms with Crippen LogP contribution in [0.25, 0.3) is 22.2 Å². The van der Waals surface area contributed by atoms with Crippen LogP contribution >= 0.6 is 0 Å². The van der Waals surface area contributed by atoms with Gasteiger partial charge >= 0.3 is 0 Å². The Morgan fingerprint density at radius 3 is 2.71 bits per heavy atom. The van der Waals surface area contributed by atoms with E-state index in [0.717, 1.165) is 33.3 Å². The van der Waals surface area contributed by atoms with Crippen molar-refractivity contribution in [1.29, 1.82) is 0 Å². The Balaban J connectivity index is 1.73. The summed E-state index contributed by atoms with van der Waals surface area (Å²) in [6.45, 7) is 2.28. The van der Waals surface area contributed by atoms with E-state index in [2.05, 4.69) is 18.3 Å². The molecule has 144 valence electrons. The molecule has 6 nitrogen and oxygen atoms in total. The smallest absolute Gasteiger partial charge is 0.231 e. The Kier molecular flexibility index (Phi) is 4.77. The van der Waals surface area contributed by atoms with Crippen LogP contribution in [0.4, 0.5) is 0 Å². The number of ether oxygens (including phenoxy) is 3. The molecule has 0 bridgehead atoms. The van der Waals surface area contributed by atoms with Crippen LogP contribution in [0.2, 0.25) is 0 Å². The number of nitrogens with one attached hydrogen (secondary N) is 1. The molecule has 2 heterocycles. The number of rotatable bonds is 5. The maximum atomic E-state index is 11.5. The monoisotopic (exact) mass is 378 g/mol. The highest BCUT2D eigenvalue weighted by molar-refractivity contribution is 5.87. The molecule has 2 aromatic carbocycles. The van der Waals surface area contributed by atoms with Gasteiger partial charge in [0.25, 0.3) is 0 Å². The van der Waals surface area contributed by atoms with Crippen LogP contribution in [-0.4, -0.2) is 31.8 Å². The molecule has 0 aliphatic carbocycles. The van der Waals surface area contributed by atoms with E-state index in [1.165, 1.54) is 0 Å². The van der Waals surface area contributed by atoms with Crippen molar-refractivity contribution < 1.29 is 19.0 Å². The minimum Gasteiger partial charge on any atom is -0.496 e. The second-order valence-electron chi connectivity index (χ2n) is 6.75. The fraction of sp³-hybridized carbons (Fsp3) is 0.273. The van der Waals surface area contributed by atoms with Gasteiger partial charge in [0, 0.05) is 30.5 Å². The molecular weight excluding hydrogens is 356 g/mol. The average Bonchev–Trinajstić information content (AvgIpc) is 3.18. The molecule has 0 fully saturated rings. The first-order valence-corrected chi connectivity index (χ1v) is 9.18. The molecule has 0 atom stereocenters. The van der Waals surface area contributed by atoms with E-state index in [1.54, 1.807) is 14.2 Å². The second-order valence-corrected chi connectivity index (χ2v) is 6.75. The molecule has 1 N–H and O–H groups in total. The van der Waals surface area contributed by atoms with Gasteiger partial charge in [-0.3, -0.25) is 4.79 Å². The number of amides is 1. The summed E-state index contributed by atoms with van der Waals surface area (Å²) in [6, 6.07) is 11.9. The number of carbonyl (C=O) groups is 1. The van der Waals surface area contributed by atoms with Gasteiger partial charge in [-0.05, 0) is 48.7 Å². The van der Waals surface area contributed by atoms with Gasteiger partial charge in [0.15, 0.2) is 11.5 Å². The standard InChI is InChI=1S/C22H22N2O4/c1-13-8-18(16-10-20-21(28-12-27-20)11-19(16)26-3)24-17-6-4-14(9-15(13)17)5-7-22(25)23-2/h4,6,8-11H,5,7,12H2,1-3H3,(H,23,25). The summed E-state index contributed by atoms with van der Waals surface area (Å²) < 4.78 is 16.5. The molecular formula is C22H22N2O4. The highest BCUT2D eigenvalue weighted by Crippen LogP contribution is 2.42. The average molecular weight is 378 g/mol. The third-order valence-corrected chi connectivity index (χ3v) is 4.97. The van der Waals surface area contributed by atoms with Gasteiger partial charge in [0.05, 0.1) is 18.3 Å². The van der Waals surface area contributed by atoms with Crippen molar-refractivity contribution in [2.75, 3.05) is 21.0 Å². The van der Waals surface area contributed by atoms with Crippen LogP contribution in [0.5, 0.6) is 17.2 Å². The van der Waals surface area contributed by atoms with Crippen molar-refractivity contribution >= 4 is 16.8 Å². The highest BCUT2D eigenvalue weighted by atomic mass is 16.7. The number of aryl methyl sites for hydroxylation is 2. The van der Waals surface area contributed by atoms with E-state index < -0.39 is 0 Å². The normalized spacial score (nSPS) is 12.2. The topological polar surface area (TPSA) is 69.7 Å². The molecule has 0 unspecified atom stereocenters. The van der Waals surface area contributed by atoms with Gasteiger partial charge in [-0.1, -0.05) is 6.07 Å². The Bertz CT molecular complexity index is 1060. The number of pyridine rings is 1. The Labute approximate surface area is 163 Å². The molecule has 1 amide bonds. The summed E-state index contributed by atoms with van der Waals surface area (Å²) in [7, 11) is 3.29. The Morgan fingerprint density at radius 2 is 1.96 bits per heavy atom. The zero-order valence-electron chi connectivity index (χ0n) is 16.2. The lowest BCUT2D eigenvalue weighted by Gasteiger charge is -2.12. The van der Waals surface area contributed by atoms with E-state index in [4.69, 9.17) is 19.2 Å².